The molecule has 1 saturated heterocycles. The molecule has 19 heavy (non-hydrogen) atoms. The van der Waals surface area contributed by atoms with Crippen LogP contribution in [0.4, 0.5) is 4.79 Å². The average Bonchev–Trinajstić information content (AvgIpc) is 2.37. The second-order valence-electron chi connectivity index (χ2n) is 4.76. The summed E-state index contributed by atoms with van der Waals surface area (Å²) in [7, 11) is 1.54. The van der Waals surface area contributed by atoms with Crippen LogP contribution in [0.3, 0.4) is 0 Å². The van der Waals surface area contributed by atoms with Crippen molar-refractivity contribution in [2.24, 2.45) is 5.92 Å². The second-order valence-corrected chi connectivity index (χ2v) is 4.76. The zero-order valence-corrected chi connectivity index (χ0v) is 11.3. The van der Waals surface area contributed by atoms with Crippen molar-refractivity contribution in [3.05, 3.63) is 0 Å². The lowest BCUT2D eigenvalue weighted by Crippen LogP contribution is -2.50. The summed E-state index contributed by atoms with van der Waals surface area (Å²) in [5.74, 6) is -1.30. The van der Waals surface area contributed by atoms with Gasteiger partial charge < -0.3 is 20.6 Å². The number of likely N-dealkylation sites (tertiary alicyclic amines) is 1. The summed E-state index contributed by atoms with van der Waals surface area (Å²) in [5.41, 5.74) is 0. The Balaban J connectivity index is 2.37. The van der Waals surface area contributed by atoms with Crippen LogP contribution in [0.1, 0.15) is 26.2 Å². The number of urea groups is 1. The second kappa shape index (κ2) is 6.96. The van der Waals surface area contributed by atoms with E-state index in [1.807, 2.05) is 6.92 Å². The van der Waals surface area contributed by atoms with Gasteiger partial charge in [-0.1, -0.05) is 0 Å². The van der Waals surface area contributed by atoms with Gasteiger partial charge in [0.2, 0.25) is 5.91 Å². The zero-order chi connectivity index (χ0) is 14.4. The highest BCUT2D eigenvalue weighted by atomic mass is 16.4. The van der Waals surface area contributed by atoms with Gasteiger partial charge in [-0.3, -0.25) is 9.59 Å². The quantitative estimate of drug-likeness (QED) is 0.671. The predicted octanol–water partition coefficient (Wildman–Crippen LogP) is 0.0172. The molecule has 0 radical (unpaired) electrons. The van der Waals surface area contributed by atoms with Gasteiger partial charge in [-0.25, -0.2) is 4.79 Å². The lowest BCUT2D eigenvalue weighted by atomic mass is 9.92. The maximum atomic E-state index is 11.9. The Kier molecular flexibility index (Phi) is 5.59. The molecule has 1 fully saturated rings. The van der Waals surface area contributed by atoms with Crippen LogP contribution in [0, 0.1) is 5.92 Å². The third-order valence-electron chi connectivity index (χ3n) is 3.39. The molecule has 0 aromatic rings. The first-order valence-corrected chi connectivity index (χ1v) is 6.43. The molecule has 0 spiro atoms. The van der Waals surface area contributed by atoms with Gasteiger partial charge in [0.15, 0.2) is 0 Å². The van der Waals surface area contributed by atoms with E-state index in [0.29, 0.717) is 19.4 Å². The Morgan fingerprint density at radius 2 is 2.05 bits per heavy atom. The molecule has 1 rings (SSSR count). The number of nitrogens with one attached hydrogen (secondary N) is 2. The molecule has 1 heterocycles. The van der Waals surface area contributed by atoms with Crippen molar-refractivity contribution in [1.29, 1.82) is 0 Å². The Bertz CT molecular complexity index is 359. The van der Waals surface area contributed by atoms with Crippen molar-refractivity contribution in [3.63, 3.8) is 0 Å². The number of nitrogens with zero attached hydrogens (tertiary/aromatic N) is 1. The van der Waals surface area contributed by atoms with Crippen LogP contribution in [0.25, 0.3) is 0 Å². The van der Waals surface area contributed by atoms with Gasteiger partial charge in [-0.15, -0.1) is 0 Å². The summed E-state index contributed by atoms with van der Waals surface area (Å²) in [5, 5.41) is 14.1. The van der Waals surface area contributed by atoms with Gasteiger partial charge in [0.05, 0.1) is 5.92 Å². The summed E-state index contributed by atoms with van der Waals surface area (Å²) in [6.07, 6.45) is 1.18. The average molecular weight is 271 g/mol. The van der Waals surface area contributed by atoms with Gasteiger partial charge in [-0.2, -0.15) is 0 Å². The minimum atomic E-state index is -0.800. The molecule has 0 aromatic heterocycles. The summed E-state index contributed by atoms with van der Waals surface area (Å²) < 4.78 is 0. The van der Waals surface area contributed by atoms with Crippen LogP contribution in [-0.4, -0.2) is 54.1 Å². The number of hydrogen-bond donors (Lipinski definition) is 3. The third-order valence-corrected chi connectivity index (χ3v) is 3.39. The minimum absolute atomic E-state index is 0.102. The number of amides is 3. The molecular formula is C12H21N3O4. The summed E-state index contributed by atoms with van der Waals surface area (Å²) in [6.45, 7) is 2.56. The predicted molar refractivity (Wildman–Crippen MR) is 68.6 cm³/mol. The molecule has 108 valence electrons. The first kappa shape index (κ1) is 15.3. The van der Waals surface area contributed by atoms with E-state index in [1.54, 1.807) is 11.9 Å². The normalized spacial score (nSPS) is 22.7. The maximum absolute atomic E-state index is 11.9. The first-order chi connectivity index (χ1) is 8.95. The minimum Gasteiger partial charge on any atom is -0.481 e. The van der Waals surface area contributed by atoms with Crippen molar-refractivity contribution in [2.75, 3.05) is 20.1 Å². The number of rotatable bonds is 4. The Morgan fingerprint density at radius 1 is 1.37 bits per heavy atom. The highest BCUT2D eigenvalue weighted by Crippen LogP contribution is 2.22. The molecule has 7 heteroatoms. The number of carboxylic acids is 1. The van der Waals surface area contributed by atoms with E-state index in [9.17, 15) is 14.4 Å². The molecule has 0 saturated carbocycles. The topological polar surface area (TPSA) is 98.7 Å². The fourth-order valence-corrected chi connectivity index (χ4v) is 2.21. The van der Waals surface area contributed by atoms with Crippen LogP contribution < -0.4 is 10.6 Å². The molecule has 7 nitrogen and oxygen atoms in total. The molecule has 0 aromatic carbocycles. The van der Waals surface area contributed by atoms with E-state index in [-0.39, 0.29) is 36.9 Å². The van der Waals surface area contributed by atoms with Crippen molar-refractivity contribution < 1.29 is 19.5 Å². The van der Waals surface area contributed by atoms with Crippen LogP contribution in [0.15, 0.2) is 0 Å². The highest BCUT2D eigenvalue weighted by Gasteiger charge is 2.31. The number of aliphatic carboxylic acids is 1. The third kappa shape index (κ3) is 4.42. The molecule has 3 amide bonds. The summed E-state index contributed by atoms with van der Waals surface area (Å²) >= 11 is 0. The largest absolute Gasteiger partial charge is 0.481 e. The SMILES string of the molecule is CNC(=O)CCNC(=O)N1CCC(C(=O)O)CC1C. The lowest BCUT2D eigenvalue weighted by Gasteiger charge is -2.36. The molecule has 0 bridgehead atoms. The zero-order valence-electron chi connectivity index (χ0n) is 11.3. The summed E-state index contributed by atoms with van der Waals surface area (Å²) in [4.78, 5) is 35.4. The molecule has 2 unspecified atom stereocenters. The monoisotopic (exact) mass is 271 g/mol. The fraction of sp³-hybridized carbons (Fsp3) is 0.750. The van der Waals surface area contributed by atoms with E-state index in [2.05, 4.69) is 10.6 Å². The lowest BCUT2D eigenvalue weighted by molar-refractivity contribution is -0.143. The first-order valence-electron chi connectivity index (χ1n) is 6.43. The van der Waals surface area contributed by atoms with Crippen LogP contribution >= 0.6 is 0 Å². The van der Waals surface area contributed by atoms with E-state index in [0.717, 1.165) is 0 Å². The van der Waals surface area contributed by atoms with Gasteiger partial charge >= 0.3 is 12.0 Å². The number of carbonyl (C=O) groups is 3. The number of carboxylic acid groups (broad SMARTS) is 1. The number of hydrogen-bond acceptors (Lipinski definition) is 3. The van der Waals surface area contributed by atoms with Crippen molar-refractivity contribution >= 4 is 17.9 Å². The summed E-state index contributed by atoms with van der Waals surface area (Å²) in [6, 6.07) is -0.338. The Morgan fingerprint density at radius 3 is 2.58 bits per heavy atom. The van der Waals surface area contributed by atoms with E-state index in [4.69, 9.17) is 5.11 Å². The van der Waals surface area contributed by atoms with E-state index in [1.165, 1.54) is 0 Å². The molecule has 2 atom stereocenters. The van der Waals surface area contributed by atoms with Crippen molar-refractivity contribution in [3.8, 4) is 0 Å². The van der Waals surface area contributed by atoms with Gasteiger partial charge in [-0.05, 0) is 19.8 Å². The Hall–Kier alpha value is -1.79. The van der Waals surface area contributed by atoms with Gasteiger partial charge in [0.1, 0.15) is 0 Å². The smallest absolute Gasteiger partial charge is 0.317 e. The van der Waals surface area contributed by atoms with Gasteiger partial charge in [0.25, 0.3) is 0 Å². The standard InChI is InChI=1S/C12H21N3O4/c1-8-7-9(11(17)18)4-6-15(8)12(19)14-5-3-10(16)13-2/h8-9H,3-7H2,1-2H3,(H,13,16)(H,14,19)(H,17,18). The number of piperidine rings is 1. The molecular weight excluding hydrogens is 250 g/mol. The van der Waals surface area contributed by atoms with Crippen LogP contribution in [-0.2, 0) is 9.59 Å². The van der Waals surface area contributed by atoms with E-state index >= 15 is 0 Å². The van der Waals surface area contributed by atoms with Crippen molar-refractivity contribution in [1.82, 2.24) is 15.5 Å². The van der Waals surface area contributed by atoms with Crippen LogP contribution in [0.2, 0.25) is 0 Å². The number of carbonyl (C=O) groups excluding carboxylic acids is 2. The molecule has 0 aliphatic carbocycles. The molecule has 1 aliphatic heterocycles. The Labute approximate surface area is 112 Å². The highest BCUT2D eigenvalue weighted by molar-refractivity contribution is 5.78. The van der Waals surface area contributed by atoms with E-state index < -0.39 is 5.97 Å². The molecule has 1 aliphatic rings. The van der Waals surface area contributed by atoms with Crippen molar-refractivity contribution in [2.45, 2.75) is 32.2 Å². The van der Waals surface area contributed by atoms with Gasteiger partial charge in [0, 0.05) is 32.6 Å². The maximum Gasteiger partial charge on any atom is 0.317 e. The van der Waals surface area contributed by atoms with Crippen LogP contribution in [0.5, 0.6) is 0 Å². The molecule has 3 N–H and O–H groups in total. The fourth-order valence-electron chi connectivity index (χ4n) is 2.21.